The van der Waals surface area contributed by atoms with Crippen molar-refractivity contribution < 1.29 is 28.5 Å². The Balaban J connectivity index is 2.51. The monoisotopic (exact) mass is 630 g/mol. The lowest BCUT2D eigenvalue weighted by atomic mass is 10.0. The molecule has 0 heterocycles. The van der Waals surface area contributed by atoms with Gasteiger partial charge in [-0.2, -0.15) is 0 Å². The highest BCUT2D eigenvalue weighted by Crippen LogP contribution is 2.42. The number of ether oxygens (including phenoxy) is 3. The zero-order valence-electron chi connectivity index (χ0n) is 27.9. The topological polar surface area (TPSA) is 102 Å². The second-order valence-corrected chi connectivity index (χ2v) is 22.9. The molecule has 2 N–H and O–H groups in total. The number of para-hydroxylation sites is 2. The summed E-state index contributed by atoms with van der Waals surface area (Å²) in [7, 11) is -3.11. The Labute approximate surface area is 261 Å². The fourth-order valence-corrected chi connectivity index (χ4v) is 5.68. The van der Waals surface area contributed by atoms with Crippen LogP contribution in [0.25, 0.3) is 0 Å². The Hall–Kier alpha value is -2.35. The highest BCUT2D eigenvalue weighted by molar-refractivity contribution is 6.74. The smallest absolute Gasteiger partial charge is 0.195 e. The third-order valence-electron chi connectivity index (χ3n) is 8.62. The molecule has 2 rings (SSSR count). The van der Waals surface area contributed by atoms with Gasteiger partial charge in [0.25, 0.3) is 0 Å². The zero-order chi connectivity index (χ0) is 32.3. The molecule has 0 saturated heterocycles. The van der Waals surface area contributed by atoms with E-state index in [0.717, 1.165) is 12.0 Å². The van der Waals surface area contributed by atoms with E-state index in [1.807, 2.05) is 55.7 Å². The molecule has 2 atom stereocenters. The molecule has 10 heteroatoms. The summed E-state index contributed by atoms with van der Waals surface area (Å²) in [5.41, 5.74) is 1.43. The Morgan fingerprint density at radius 2 is 1.47 bits per heavy atom. The highest BCUT2D eigenvalue weighted by atomic mass is 28.4. The highest BCUT2D eigenvalue weighted by Gasteiger charge is 2.42. The molecular weight excluding hydrogens is 577 g/mol. The molecule has 0 saturated carbocycles. The fourth-order valence-electron chi connectivity index (χ4n) is 3.74. The van der Waals surface area contributed by atoms with Crippen molar-refractivity contribution in [2.24, 2.45) is 9.98 Å². The van der Waals surface area contributed by atoms with Crippen LogP contribution in [0.4, 0.5) is 0 Å². The fraction of sp³-hybridized carbons (Fsp3) is 0.576. The summed E-state index contributed by atoms with van der Waals surface area (Å²) < 4.78 is 23.4. The maximum absolute atomic E-state index is 11.0. The van der Waals surface area contributed by atoms with Crippen LogP contribution >= 0.6 is 0 Å². The van der Waals surface area contributed by atoms with Crippen molar-refractivity contribution in [3.05, 3.63) is 59.7 Å². The van der Waals surface area contributed by atoms with Gasteiger partial charge in [-0.05, 0) is 73.4 Å². The van der Waals surface area contributed by atoms with Crippen LogP contribution in [0.15, 0.2) is 58.5 Å². The summed E-state index contributed by atoms with van der Waals surface area (Å²) in [6.07, 6.45) is 4.31. The second kappa shape index (κ2) is 16.1. The van der Waals surface area contributed by atoms with Crippen molar-refractivity contribution in [2.45, 2.75) is 96.0 Å². The number of nitrogens with zero attached hydrogens (tertiary/aromatic N) is 2. The number of hydrogen-bond donors (Lipinski definition) is 2. The lowest BCUT2D eigenvalue weighted by Gasteiger charge is -2.40. The predicted molar refractivity (Wildman–Crippen MR) is 182 cm³/mol. The summed E-state index contributed by atoms with van der Waals surface area (Å²) in [6.45, 7) is 20.3. The maximum Gasteiger partial charge on any atom is 0.195 e. The quantitative estimate of drug-likeness (QED) is 0.0817. The van der Waals surface area contributed by atoms with Crippen LogP contribution in [0.5, 0.6) is 11.5 Å². The van der Waals surface area contributed by atoms with E-state index in [-0.39, 0.29) is 28.7 Å². The van der Waals surface area contributed by atoms with E-state index in [0.29, 0.717) is 30.9 Å². The SMILES string of the molecule is COCCOCOc1ccccc1C=N[C@@H](CCC(C)(C)[Si](C)(C)O)C(N=Cc1ccccc1O)O[Si](C)(C)C(C)(C)C. The lowest BCUT2D eigenvalue weighted by Crippen LogP contribution is -2.46. The lowest BCUT2D eigenvalue weighted by molar-refractivity contribution is -0.00852. The van der Waals surface area contributed by atoms with Gasteiger partial charge in [0.1, 0.15) is 11.5 Å². The molecule has 1 unspecified atom stereocenters. The Morgan fingerprint density at radius 1 is 0.860 bits per heavy atom. The number of methoxy groups -OCH3 is 1. The molecule has 0 aliphatic carbocycles. The summed E-state index contributed by atoms with van der Waals surface area (Å²) in [5.74, 6) is 0.816. The normalized spacial score (nSPS) is 14.9. The molecule has 0 amide bonds. The number of aromatic hydroxyl groups is 1. The number of benzene rings is 2. The summed E-state index contributed by atoms with van der Waals surface area (Å²) >= 11 is 0. The molecule has 0 fully saturated rings. The van der Waals surface area contributed by atoms with E-state index in [1.165, 1.54) is 0 Å². The summed E-state index contributed by atoms with van der Waals surface area (Å²) in [5, 5.41) is 10.1. The van der Waals surface area contributed by atoms with Crippen molar-refractivity contribution in [2.75, 3.05) is 27.1 Å². The number of rotatable bonds is 17. The summed E-state index contributed by atoms with van der Waals surface area (Å²) in [4.78, 5) is 21.1. The molecule has 0 aliphatic rings. The van der Waals surface area contributed by atoms with Gasteiger partial charge in [-0.25, -0.2) is 0 Å². The second-order valence-electron chi connectivity index (χ2n) is 13.6. The molecule has 0 aliphatic heterocycles. The first-order chi connectivity index (χ1) is 20.0. The van der Waals surface area contributed by atoms with E-state index >= 15 is 0 Å². The van der Waals surface area contributed by atoms with Crippen LogP contribution in [0.2, 0.25) is 36.3 Å². The van der Waals surface area contributed by atoms with Crippen LogP contribution in [0, 0.1) is 0 Å². The number of hydrogen-bond acceptors (Lipinski definition) is 8. The van der Waals surface area contributed by atoms with Crippen LogP contribution in [-0.2, 0) is 13.9 Å². The van der Waals surface area contributed by atoms with Crippen LogP contribution in [0.1, 0.15) is 58.6 Å². The first kappa shape index (κ1) is 36.8. The van der Waals surface area contributed by atoms with E-state index < -0.39 is 22.9 Å². The first-order valence-electron chi connectivity index (χ1n) is 15.0. The van der Waals surface area contributed by atoms with Crippen LogP contribution in [-0.4, -0.2) is 78.4 Å². The molecule has 0 radical (unpaired) electrons. The van der Waals surface area contributed by atoms with Crippen molar-refractivity contribution >= 4 is 29.1 Å². The zero-order valence-corrected chi connectivity index (χ0v) is 29.9. The van der Waals surface area contributed by atoms with Gasteiger partial charge in [0, 0.05) is 30.7 Å². The van der Waals surface area contributed by atoms with Crippen LogP contribution in [0.3, 0.4) is 0 Å². The van der Waals surface area contributed by atoms with Gasteiger partial charge in [0.15, 0.2) is 29.7 Å². The minimum atomic E-state index is -2.46. The number of phenolic OH excluding ortho intramolecular Hbond substituents is 1. The third kappa shape index (κ3) is 11.6. The van der Waals surface area contributed by atoms with Crippen molar-refractivity contribution in [1.29, 1.82) is 0 Å². The molecular formula is C33H54N2O6Si2. The average Bonchev–Trinajstić information content (AvgIpc) is 2.91. The molecule has 240 valence electrons. The standard InChI is InChI=1S/C33H54N2O6Si2/c1-32(2,3)43(9,10)41-31(35-23-26-15-11-13-17-29(26)36)28(19-20-33(4,5)42(7,8)37)34-24-27-16-12-14-18-30(27)40-25-39-22-21-38-6/h11-18,23-24,28,31,36-37H,19-22,25H2,1-10H3/t28-,31?/m0/s1. The minimum absolute atomic E-state index is 0.0492. The minimum Gasteiger partial charge on any atom is -0.507 e. The van der Waals surface area contributed by atoms with Crippen molar-refractivity contribution in [3.63, 3.8) is 0 Å². The van der Waals surface area contributed by atoms with Gasteiger partial charge in [-0.3, -0.25) is 9.98 Å². The van der Waals surface area contributed by atoms with Gasteiger partial charge in [-0.15, -0.1) is 0 Å². The predicted octanol–water partition coefficient (Wildman–Crippen LogP) is 7.40. The molecule has 0 aromatic heterocycles. The Kier molecular flexibility index (Phi) is 13.8. The number of aliphatic imine (C=N–C) groups is 2. The van der Waals surface area contributed by atoms with Gasteiger partial charge in [-0.1, -0.05) is 58.9 Å². The largest absolute Gasteiger partial charge is 0.507 e. The Bertz CT molecular complexity index is 1190. The average molecular weight is 631 g/mol. The summed E-state index contributed by atoms with van der Waals surface area (Å²) in [6, 6.07) is 14.5. The van der Waals surface area contributed by atoms with E-state index in [1.54, 1.807) is 25.5 Å². The van der Waals surface area contributed by atoms with Gasteiger partial charge in [0.2, 0.25) is 0 Å². The number of phenols is 1. The van der Waals surface area contributed by atoms with E-state index in [4.69, 9.17) is 28.6 Å². The third-order valence-corrected chi connectivity index (χ3v) is 16.6. The van der Waals surface area contributed by atoms with Crippen molar-refractivity contribution in [3.8, 4) is 11.5 Å². The molecule has 43 heavy (non-hydrogen) atoms. The molecule has 8 nitrogen and oxygen atoms in total. The van der Waals surface area contributed by atoms with Gasteiger partial charge in [0.05, 0.1) is 19.3 Å². The Morgan fingerprint density at radius 3 is 2.07 bits per heavy atom. The van der Waals surface area contributed by atoms with E-state index in [9.17, 15) is 9.90 Å². The first-order valence-corrected chi connectivity index (χ1v) is 20.9. The van der Waals surface area contributed by atoms with E-state index in [2.05, 4.69) is 47.7 Å². The maximum atomic E-state index is 11.0. The molecule has 0 bridgehead atoms. The molecule has 2 aromatic carbocycles. The van der Waals surface area contributed by atoms with Crippen LogP contribution < -0.4 is 4.74 Å². The van der Waals surface area contributed by atoms with Crippen molar-refractivity contribution in [1.82, 2.24) is 0 Å². The van der Waals surface area contributed by atoms with Gasteiger partial charge >= 0.3 is 0 Å². The molecule has 0 spiro atoms. The molecule has 2 aromatic rings. The van der Waals surface area contributed by atoms with Gasteiger partial charge < -0.3 is 28.5 Å².